The quantitative estimate of drug-likeness (QED) is 0.904. The van der Waals surface area contributed by atoms with E-state index in [2.05, 4.69) is 10.3 Å². The average molecular weight is 279 g/mol. The van der Waals surface area contributed by atoms with Gasteiger partial charge in [-0.3, -0.25) is 4.79 Å². The van der Waals surface area contributed by atoms with Crippen LogP contribution in [-0.2, 0) is 4.74 Å². The third-order valence-corrected chi connectivity index (χ3v) is 4.14. The molecule has 0 radical (unpaired) electrons. The summed E-state index contributed by atoms with van der Waals surface area (Å²) in [5, 5.41) is 3.24. The summed E-state index contributed by atoms with van der Waals surface area (Å²) in [6, 6.07) is 0.366. The number of rotatable bonds is 3. The first-order chi connectivity index (χ1) is 9.79. The molecule has 2 unspecified atom stereocenters. The first-order valence-electron chi connectivity index (χ1n) is 7.31. The van der Waals surface area contributed by atoms with Gasteiger partial charge in [0, 0.05) is 25.7 Å². The zero-order valence-electron chi connectivity index (χ0n) is 11.8. The number of carbonyl (C=O) groups excluding carboxylic acids is 1. The monoisotopic (exact) mass is 279 g/mol. The van der Waals surface area contributed by atoms with Crippen molar-refractivity contribution in [2.75, 3.05) is 26.7 Å². The molecule has 2 saturated heterocycles. The molecule has 1 amide bonds. The third-order valence-electron chi connectivity index (χ3n) is 4.14. The van der Waals surface area contributed by atoms with Gasteiger partial charge >= 0.3 is 0 Å². The van der Waals surface area contributed by atoms with Gasteiger partial charge in [-0.25, -0.2) is 4.98 Å². The number of amides is 1. The minimum atomic E-state index is -0.110. The summed E-state index contributed by atoms with van der Waals surface area (Å²) < 4.78 is 11.0. The van der Waals surface area contributed by atoms with Crippen molar-refractivity contribution in [2.24, 2.45) is 0 Å². The van der Waals surface area contributed by atoms with Crippen LogP contribution in [0.2, 0.25) is 0 Å². The van der Waals surface area contributed by atoms with Crippen molar-refractivity contribution in [3.05, 3.63) is 17.8 Å². The Morgan fingerprint density at radius 3 is 3.10 bits per heavy atom. The molecule has 3 rings (SSSR count). The molecule has 110 valence electrons. The summed E-state index contributed by atoms with van der Waals surface area (Å²) in [6.45, 7) is 2.24. The number of aromatic nitrogens is 1. The van der Waals surface area contributed by atoms with Crippen LogP contribution in [0, 0.1) is 0 Å². The molecule has 1 aromatic heterocycles. The number of ether oxygens (including phenoxy) is 1. The number of oxazole rings is 1. The largest absolute Gasteiger partial charge is 0.445 e. The van der Waals surface area contributed by atoms with Crippen LogP contribution in [0.25, 0.3) is 0 Å². The smallest absolute Gasteiger partial charge is 0.276 e. The minimum absolute atomic E-state index is 0.0378. The molecule has 0 spiro atoms. The molecular weight excluding hydrogens is 258 g/mol. The molecule has 6 nitrogen and oxygen atoms in total. The number of likely N-dealkylation sites (tertiary alicyclic amines) is 1. The molecule has 20 heavy (non-hydrogen) atoms. The van der Waals surface area contributed by atoms with Crippen molar-refractivity contribution in [3.63, 3.8) is 0 Å². The summed E-state index contributed by atoms with van der Waals surface area (Å²) in [5.74, 6) is 0.559. The third kappa shape index (κ3) is 2.58. The van der Waals surface area contributed by atoms with Gasteiger partial charge in [-0.05, 0) is 32.7 Å². The van der Waals surface area contributed by atoms with Crippen molar-refractivity contribution < 1.29 is 13.9 Å². The molecule has 3 heterocycles. The molecular formula is C14H21N3O3. The summed E-state index contributed by atoms with van der Waals surface area (Å²) in [5.41, 5.74) is 0.425. The average Bonchev–Trinajstić information content (AvgIpc) is 3.16. The Morgan fingerprint density at radius 2 is 2.35 bits per heavy atom. The van der Waals surface area contributed by atoms with Crippen molar-refractivity contribution in [1.82, 2.24) is 15.2 Å². The van der Waals surface area contributed by atoms with E-state index in [0.29, 0.717) is 17.5 Å². The molecule has 2 aliphatic rings. The zero-order valence-corrected chi connectivity index (χ0v) is 11.8. The number of piperidine rings is 1. The van der Waals surface area contributed by atoms with Crippen LogP contribution in [0.1, 0.15) is 48.0 Å². The highest BCUT2D eigenvalue weighted by Crippen LogP contribution is 2.31. The predicted octanol–water partition coefficient (Wildman–Crippen LogP) is 1.35. The molecule has 1 N–H and O–H groups in total. The van der Waals surface area contributed by atoms with Crippen LogP contribution >= 0.6 is 0 Å². The first-order valence-corrected chi connectivity index (χ1v) is 7.31. The van der Waals surface area contributed by atoms with E-state index in [4.69, 9.17) is 9.15 Å². The van der Waals surface area contributed by atoms with Crippen LogP contribution in [0.15, 0.2) is 10.8 Å². The van der Waals surface area contributed by atoms with Crippen LogP contribution in [0.3, 0.4) is 0 Å². The maximum atomic E-state index is 12.6. The summed E-state index contributed by atoms with van der Waals surface area (Å²) in [6.07, 6.45) is 5.27. The van der Waals surface area contributed by atoms with E-state index in [1.54, 1.807) is 0 Å². The Bertz CT molecular complexity index is 468. The molecule has 1 aromatic rings. The van der Waals surface area contributed by atoms with Gasteiger partial charge in [0.2, 0.25) is 0 Å². The van der Waals surface area contributed by atoms with Gasteiger partial charge in [-0.1, -0.05) is 0 Å². The molecule has 0 bridgehead atoms. The predicted molar refractivity (Wildman–Crippen MR) is 72.4 cm³/mol. The highest BCUT2D eigenvalue weighted by Gasteiger charge is 2.32. The lowest BCUT2D eigenvalue weighted by molar-refractivity contribution is 0.0663. The fraction of sp³-hybridized carbons (Fsp3) is 0.714. The van der Waals surface area contributed by atoms with Crippen molar-refractivity contribution in [3.8, 4) is 0 Å². The lowest BCUT2D eigenvalue weighted by Gasteiger charge is -2.32. The standard InChI is InChI=1S/C14H21N3O3/c1-15-10-4-2-6-17(8-10)14(18)12-13(20-9-16-12)11-5-3-7-19-11/h9-11,15H,2-8H2,1H3. The number of hydrogen-bond donors (Lipinski definition) is 1. The van der Waals surface area contributed by atoms with E-state index >= 15 is 0 Å². The van der Waals surface area contributed by atoms with Crippen molar-refractivity contribution in [1.29, 1.82) is 0 Å². The van der Waals surface area contributed by atoms with Gasteiger partial charge in [0.05, 0.1) is 0 Å². The summed E-state index contributed by atoms with van der Waals surface area (Å²) in [7, 11) is 1.94. The van der Waals surface area contributed by atoms with Gasteiger partial charge in [0.1, 0.15) is 6.10 Å². The van der Waals surface area contributed by atoms with Gasteiger partial charge in [-0.2, -0.15) is 0 Å². The highest BCUT2D eigenvalue weighted by molar-refractivity contribution is 5.93. The second-order valence-electron chi connectivity index (χ2n) is 5.45. The number of carbonyl (C=O) groups is 1. The van der Waals surface area contributed by atoms with Gasteiger partial charge in [-0.15, -0.1) is 0 Å². The maximum Gasteiger partial charge on any atom is 0.276 e. The van der Waals surface area contributed by atoms with E-state index in [-0.39, 0.29) is 12.0 Å². The van der Waals surface area contributed by atoms with E-state index in [1.165, 1.54) is 6.39 Å². The van der Waals surface area contributed by atoms with Crippen LogP contribution < -0.4 is 5.32 Å². The molecule has 6 heteroatoms. The van der Waals surface area contributed by atoms with Gasteiger partial charge < -0.3 is 19.4 Å². The lowest BCUT2D eigenvalue weighted by Crippen LogP contribution is -2.47. The Morgan fingerprint density at radius 1 is 1.45 bits per heavy atom. The van der Waals surface area contributed by atoms with Crippen LogP contribution in [-0.4, -0.2) is 48.6 Å². The van der Waals surface area contributed by atoms with Crippen molar-refractivity contribution in [2.45, 2.75) is 37.8 Å². The van der Waals surface area contributed by atoms with Gasteiger partial charge in [0.15, 0.2) is 17.8 Å². The Balaban J connectivity index is 1.75. The number of nitrogens with one attached hydrogen (secondary N) is 1. The molecule has 0 saturated carbocycles. The zero-order chi connectivity index (χ0) is 13.9. The number of likely N-dealkylation sites (N-methyl/N-ethyl adjacent to an activating group) is 1. The summed E-state index contributed by atoms with van der Waals surface area (Å²) in [4.78, 5) is 18.6. The molecule has 0 aliphatic carbocycles. The topological polar surface area (TPSA) is 67.6 Å². The van der Waals surface area contributed by atoms with E-state index in [1.807, 2.05) is 11.9 Å². The second-order valence-corrected chi connectivity index (χ2v) is 5.45. The maximum absolute atomic E-state index is 12.6. The number of nitrogens with zero attached hydrogens (tertiary/aromatic N) is 2. The minimum Gasteiger partial charge on any atom is -0.445 e. The Labute approximate surface area is 118 Å². The molecule has 2 aliphatic heterocycles. The van der Waals surface area contributed by atoms with Crippen LogP contribution in [0.5, 0.6) is 0 Å². The fourth-order valence-electron chi connectivity index (χ4n) is 2.98. The SMILES string of the molecule is CNC1CCCN(C(=O)c2ncoc2C2CCCO2)C1. The van der Waals surface area contributed by atoms with E-state index in [9.17, 15) is 4.79 Å². The normalized spacial score (nSPS) is 26.9. The molecule has 2 fully saturated rings. The Kier molecular flexibility index (Phi) is 4.03. The molecule has 0 aromatic carbocycles. The number of hydrogen-bond acceptors (Lipinski definition) is 5. The van der Waals surface area contributed by atoms with Crippen molar-refractivity contribution >= 4 is 5.91 Å². The van der Waals surface area contributed by atoms with E-state index < -0.39 is 0 Å². The molecule has 2 atom stereocenters. The Hall–Kier alpha value is -1.40. The first kappa shape index (κ1) is 13.6. The summed E-state index contributed by atoms with van der Waals surface area (Å²) >= 11 is 0. The lowest BCUT2D eigenvalue weighted by atomic mass is 10.0. The fourth-order valence-corrected chi connectivity index (χ4v) is 2.98. The second kappa shape index (κ2) is 5.93. The highest BCUT2D eigenvalue weighted by atomic mass is 16.5. The van der Waals surface area contributed by atoms with Crippen LogP contribution in [0.4, 0.5) is 0 Å². The van der Waals surface area contributed by atoms with Gasteiger partial charge in [0.25, 0.3) is 5.91 Å². The van der Waals surface area contributed by atoms with E-state index in [0.717, 1.165) is 45.4 Å².